The Balaban J connectivity index is 2.15. The molecule has 2 amide bonds. The molecule has 0 saturated carbocycles. The third kappa shape index (κ3) is 3.35. The van der Waals surface area contributed by atoms with Crippen LogP contribution >= 0.6 is 0 Å². The van der Waals surface area contributed by atoms with Crippen LogP contribution in [0.1, 0.15) is 24.2 Å². The molecule has 1 saturated heterocycles. The van der Waals surface area contributed by atoms with Gasteiger partial charge in [-0.05, 0) is 32.6 Å². The minimum Gasteiger partial charge on any atom is -0.352 e. The highest BCUT2D eigenvalue weighted by molar-refractivity contribution is 7.89. The molecule has 0 aromatic carbocycles. The molecule has 1 aromatic heterocycles. The first-order chi connectivity index (χ1) is 9.82. The summed E-state index contributed by atoms with van der Waals surface area (Å²) in [7, 11) is -3.56. The van der Waals surface area contributed by atoms with Gasteiger partial charge in [0.1, 0.15) is 4.90 Å². The van der Waals surface area contributed by atoms with Crippen molar-refractivity contribution in [2.45, 2.75) is 31.6 Å². The first-order valence-corrected chi connectivity index (χ1v) is 8.31. The Morgan fingerprint density at radius 2 is 2.24 bits per heavy atom. The molecule has 1 aromatic rings. The number of amides is 2. The molecule has 1 unspecified atom stereocenters. The summed E-state index contributed by atoms with van der Waals surface area (Å²) in [5.74, 6) is 0.0774. The fourth-order valence-corrected chi connectivity index (χ4v) is 4.59. The Morgan fingerprint density at radius 3 is 2.81 bits per heavy atom. The smallest absolute Gasteiger partial charge is 0.312 e. The second-order valence-corrected chi connectivity index (χ2v) is 7.25. The van der Waals surface area contributed by atoms with Gasteiger partial charge in [-0.25, -0.2) is 13.2 Å². The molecule has 2 heterocycles. The molecular weight excluding hydrogens is 294 g/mol. The minimum absolute atomic E-state index is 0.0774. The zero-order valence-corrected chi connectivity index (χ0v) is 13.0. The summed E-state index contributed by atoms with van der Waals surface area (Å²) in [6.45, 7) is 4.63. The van der Waals surface area contributed by atoms with E-state index in [2.05, 4.69) is 15.5 Å². The van der Waals surface area contributed by atoms with E-state index < -0.39 is 16.1 Å². The number of primary amides is 1. The molecule has 1 aliphatic heterocycles. The molecule has 0 radical (unpaired) electrons. The third-order valence-electron chi connectivity index (χ3n) is 3.71. The molecular formula is C12H21N5O3S. The second-order valence-electron chi connectivity index (χ2n) is 5.38. The Labute approximate surface area is 124 Å². The fraction of sp³-hybridized carbons (Fsp3) is 0.667. The van der Waals surface area contributed by atoms with Gasteiger partial charge in [-0.2, -0.15) is 9.40 Å². The van der Waals surface area contributed by atoms with Crippen LogP contribution in [0.2, 0.25) is 0 Å². The van der Waals surface area contributed by atoms with E-state index in [4.69, 9.17) is 5.73 Å². The number of aryl methyl sites for hydroxylation is 2. The summed E-state index contributed by atoms with van der Waals surface area (Å²) in [5.41, 5.74) is 6.08. The average Bonchev–Trinajstić information content (AvgIpc) is 2.76. The number of aromatic nitrogens is 2. The van der Waals surface area contributed by atoms with E-state index >= 15 is 0 Å². The zero-order chi connectivity index (χ0) is 15.6. The normalized spacial score (nSPS) is 20.4. The number of nitrogens with one attached hydrogen (secondary N) is 2. The molecule has 9 heteroatoms. The summed E-state index contributed by atoms with van der Waals surface area (Å²) >= 11 is 0. The Kier molecular flexibility index (Phi) is 4.52. The highest BCUT2D eigenvalue weighted by Gasteiger charge is 2.33. The van der Waals surface area contributed by atoms with Crippen molar-refractivity contribution in [3.63, 3.8) is 0 Å². The summed E-state index contributed by atoms with van der Waals surface area (Å²) in [6.07, 6.45) is 1.63. The molecule has 21 heavy (non-hydrogen) atoms. The number of urea groups is 1. The van der Waals surface area contributed by atoms with Gasteiger partial charge in [0.2, 0.25) is 10.0 Å². The van der Waals surface area contributed by atoms with Gasteiger partial charge in [-0.1, -0.05) is 0 Å². The number of sulfonamides is 1. The summed E-state index contributed by atoms with van der Waals surface area (Å²) in [6, 6.07) is -0.587. The van der Waals surface area contributed by atoms with Crippen molar-refractivity contribution in [1.82, 2.24) is 19.8 Å². The molecule has 1 atom stereocenters. The van der Waals surface area contributed by atoms with Gasteiger partial charge in [-0.3, -0.25) is 5.10 Å². The number of aromatic amines is 1. The molecule has 0 bridgehead atoms. The van der Waals surface area contributed by atoms with Crippen LogP contribution in [0, 0.1) is 19.8 Å². The average molecular weight is 315 g/mol. The van der Waals surface area contributed by atoms with E-state index in [-0.39, 0.29) is 10.8 Å². The van der Waals surface area contributed by atoms with Crippen LogP contribution in [0.25, 0.3) is 0 Å². The lowest BCUT2D eigenvalue weighted by Gasteiger charge is -2.31. The standard InChI is InChI=1S/C12H21N5O3S/c1-8-11(9(2)16-15-8)21(19,20)17-5-3-4-10(7-17)6-14-12(13)18/h10H,3-7H2,1-2H3,(H,15,16)(H3,13,14,18). The van der Waals surface area contributed by atoms with Crippen molar-refractivity contribution >= 4 is 16.1 Å². The number of rotatable bonds is 4. The maximum absolute atomic E-state index is 12.7. The predicted octanol–water partition coefficient (Wildman–Crippen LogP) is 0.0955. The number of hydrogen-bond acceptors (Lipinski definition) is 4. The number of piperidine rings is 1. The summed E-state index contributed by atoms with van der Waals surface area (Å²) in [4.78, 5) is 11.0. The highest BCUT2D eigenvalue weighted by Crippen LogP contribution is 2.26. The number of hydrogen-bond donors (Lipinski definition) is 3. The van der Waals surface area contributed by atoms with Gasteiger partial charge in [0.15, 0.2) is 0 Å². The van der Waals surface area contributed by atoms with Crippen LogP contribution in [0.3, 0.4) is 0 Å². The van der Waals surface area contributed by atoms with Crippen LogP contribution in [0.15, 0.2) is 4.90 Å². The quantitative estimate of drug-likeness (QED) is 0.729. The number of nitrogens with two attached hydrogens (primary N) is 1. The van der Waals surface area contributed by atoms with Crippen molar-refractivity contribution in [1.29, 1.82) is 0 Å². The molecule has 4 N–H and O–H groups in total. The van der Waals surface area contributed by atoms with Crippen LogP contribution in [-0.4, -0.2) is 48.6 Å². The molecule has 0 spiro atoms. The SMILES string of the molecule is Cc1n[nH]c(C)c1S(=O)(=O)N1CCCC(CNC(N)=O)C1. The maximum atomic E-state index is 12.7. The Hall–Kier alpha value is -1.61. The van der Waals surface area contributed by atoms with Gasteiger partial charge >= 0.3 is 6.03 Å². The molecule has 0 aliphatic carbocycles. The Morgan fingerprint density at radius 1 is 1.52 bits per heavy atom. The third-order valence-corrected chi connectivity index (χ3v) is 5.83. The first-order valence-electron chi connectivity index (χ1n) is 6.87. The van der Waals surface area contributed by atoms with E-state index in [9.17, 15) is 13.2 Å². The van der Waals surface area contributed by atoms with Gasteiger partial charge in [0, 0.05) is 19.6 Å². The van der Waals surface area contributed by atoms with Crippen LogP contribution < -0.4 is 11.1 Å². The van der Waals surface area contributed by atoms with Crippen molar-refractivity contribution in [3.05, 3.63) is 11.4 Å². The van der Waals surface area contributed by atoms with E-state index in [0.717, 1.165) is 12.8 Å². The number of carbonyl (C=O) groups excluding carboxylic acids is 1. The molecule has 8 nitrogen and oxygen atoms in total. The van der Waals surface area contributed by atoms with E-state index in [1.807, 2.05) is 0 Å². The predicted molar refractivity (Wildman–Crippen MR) is 77.1 cm³/mol. The number of nitrogens with zero attached hydrogens (tertiary/aromatic N) is 2. The monoisotopic (exact) mass is 315 g/mol. The van der Waals surface area contributed by atoms with Gasteiger partial charge < -0.3 is 11.1 Å². The summed E-state index contributed by atoms with van der Waals surface area (Å²) < 4.78 is 26.9. The number of carbonyl (C=O) groups is 1. The topological polar surface area (TPSA) is 121 Å². The lowest BCUT2D eigenvalue weighted by Crippen LogP contribution is -2.44. The van der Waals surface area contributed by atoms with Gasteiger partial charge in [-0.15, -0.1) is 0 Å². The maximum Gasteiger partial charge on any atom is 0.312 e. The molecule has 2 rings (SSSR count). The number of H-pyrrole nitrogens is 1. The molecule has 1 aliphatic rings. The largest absolute Gasteiger partial charge is 0.352 e. The van der Waals surface area contributed by atoms with Crippen molar-refractivity contribution in [2.75, 3.05) is 19.6 Å². The van der Waals surface area contributed by atoms with Crippen LogP contribution in [-0.2, 0) is 10.0 Å². The second kappa shape index (κ2) is 6.02. The molecule has 118 valence electrons. The zero-order valence-electron chi connectivity index (χ0n) is 12.2. The summed E-state index contributed by atoms with van der Waals surface area (Å²) in [5, 5.41) is 9.20. The van der Waals surface area contributed by atoms with Crippen LogP contribution in [0.4, 0.5) is 4.79 Å². The minimum atomic E-state index is -3.56. The van der Waals surface area contributed by atoms with Crippen molar-refractivity contribution in [2.24, 2.45) is 11.7 Å². The van der Waals surface area contributed by atoms with Gasteiger partial charge in [0.05, 0.1) is 11.4 Å². The van der Waals surface area contributed by atoms with Crippen LogP contribution in [0.5, 0.6) is 0 Å². The molecule has 1 fully saturated rings. The van der Waals surface area contributed by atoms with E-state index in [0.29, 0.717) is 31.0 Å². The fourth-order valence-electron chi connectivity index (χ4n) is 2.71. The Bertz CT molecular complexity index is 605. The lowest BCUT2D eigenvalue weighted by atomic mass is 10.00. The van der Waals surface area contributed by atoms with Crippen molar-refractivity contribution in [3.8, 4) is 0 Å². The van der Waals surface area contributed by atoms with Gasteiger partial charge in [0.25, 0.3) is 0 Å². The first kappa shape index (κ1) is 15.8. The highest BCUT2D eigenvalue weighted by atomic mass is 32.2. The van der Waals surface area contributed by atoms with Crippen molar-refractivity contribution < 1.29 is 13.2 Å². The lowest BCUT2D eigenvalue weighted by molar-refractivity contribution is 0.236. The van der Waals surface area contributed by atoms with E-state index in [1.54, 1.807) is 13.8 Å². The van der Waals surface area contributed by atoms with E-state index in [1.165, 1.54) is 4.31 Å².